The van der Waals surface area contributed by atoms with Gasteiger partial charge in [-0.25, -0.2) is 0 Å². The highest BCUT2D eigenvalue weighted by Gasteiger charge is 2.01. The molecule has 20 heavy (non-hydrogen) atoms. The maximum Gasteiger partial charge on any atom is 0.0624 e. The van der Waals surface area contributed by atoms with E-state index in [0.717, 1.165) is 11.1 Å². The molecule has 0 heterocycles. The third kappa shape index (κ3) is 5.50. The van der Waals surface area contributed by atoms with E-state index in [1.807, 2.05) is 60.7 Å². The van der Waals surface area contributed by atoms with Crippen LogP contribution in [-0.4, -0.2) is 23.4 Å². The van der Waals surface area contributed by atoms with Gasteiger partial charge in [0, 0.05) is 0 Å². The third-order valence-electron chi connectivity index (χ3n) is 2.85. The van der Waals surface area contributed by atoms with Crippen LogP contribution in [0.3, 0.4) is 0 Å². The zero-order chi connectivity index (χ0) is 14.8. The molecule has 0 aromatic heterocycles. The largest absolute Gasteiger partial charge is 0.394 e. The Morgan fingerprint density at radius 2 is 0.950 bits per heavy atom. The fourth-order valence-electron chi connectivity index (χ4n) is 1.61. The number of nitrogens with two attached hydrogens (primary N) is 2. The van der Waals surface area contributed by atoms with Crippen molar-refractivity contribution in [2.24, 2.45) is 11.5 Å². The molecule has 4 heteroatoms. The zero-order valence-electron chi connectivity index (χ0n) is 11.4. The van der Waals surface area contributed by atoms with Gasteiger partial charge in [-0.1, -0.05) is 60.7 Å². The summed E-state index contributed by atoms with van der Waals surface area (Å²) in [7, 11) is 0. The van der Waals surface area contributed by atoms with Gasteiger partial charge in [-0.2, -0.15) is 0 Å². The van der Waals surface area contributed by atoms with Crippen molar-refractivity contribution in [2.45, 2.75) is 12.1 Å². The van der Waals surface area contributed by atoms with E-state index in [1.54, 1.807) is 0 Å². The summed E-state index contributed by atoms with van der Waals surface area (Å²) in [6.07, 6.45) is 0. The Morgan fingerprint density at radius 3 is 1.20 bits per heavy atom. The summed E-state index contributed by atoms with van der Waals surface area (Å²) in [6.45, 7) is 0.00796. The van der Waals surface area contributed by atoms with Crippen molar-refractivity contribution in [2.75, 3.05) is 13.2 Å². The zero-order valence-corrected chi connectivity index (χ0v) is 11.4. The molecule has 2 rings (SSSR count). The highest BCUT2D eigenvalue weighted by atomic mass is 16.3. The van der Waals surface area contributed by atoms with E-state index in [1.165, 1.54) is 0 Å². The van der Waals surface area contributed by atoms with Crippen molar-refractivity contribution >= 4 is 0 Å². The molecule has 0 bridgehead atoms. The maximum atomic E-state index is 8.66. The number of aliphatic hydroxyl groups excluding tert-OH is 2. The lowest BCUT2D eigenvalue weighted by molar-refractivity contribution is 0.268. The van der Waals surface area contributed by atoms with Crippen LogP contribution in [0.15, 0.2) is 60.7 Å². The van der Waals surface area contributed by atoms with Gasteiger partial charge in [-0.3, -0.25) is 0 Å². The average molecular weight is 274 g/mol. The summed E-state index contributed by atoms with van der Waals surface area (Å²) < 4.78 is 0. The molecule has 0 saturated carbocycles. The van der Waals surface area contributed by atoms with Crippen LogP contribution in [0, 0.1) is 0 Å². The lowest BCUT2D eigenvalue weighted by atomic mass is 10.1. The van der Waals surface area contributed by atoms with Gasteiger partial charge in [-0.05, 0) is 11.1 Å². The lowest BCUT2D eigenvalue weighted by Crippen LogP contribution is -2.13. The molecular weight excluding hydrogens is 252 g/mol. The highest BCUT2D eigenvalue weighted by molar-refractivity contribution is 5.18. The molecule has 4 nitrogen and oxygen atoms in total. The van der Waals surface area contributed by atoms with Crippen molar-refractivity contribution in [3.05, 3.63) is 71.8 Å². The van der Waals surface area contributed by atoms with Crippen LogP contribution < -0.4 is 11.5 Å². The van der Waals surface area contributed by atoms with Crippen LogP contribution in [-0.2, 0) is 0 Å². The van der Waals surface area contributed by atoms with E-state index >= 15 is 0 Å². The number of hydrogen-bond donors (Lipinski definition) is 4. The smallest absolute Gasteiger partial charge is 0.0624 e. The fourth-order valence-corrected chi connectivity index (χ4v) is 1.61. The van der Waals surface area contributed by atoms with E-state index in [4.69, 9.17) is 21.7 Å². The fraction of sp³-hybridized carbons (Fsp3) is 0.250. The Hall–Kier alpha value is -1.72. The average Bonchev–Trinajstić information content (AvgIpc) is 2.55. The molecule has 0 aliphatic rings. The molecule has 2 aromatic carbocycles. The minimum atomic E-state index is -0.235. The third-order valence-corrected chi connectivity index (χ3v) is 2.85. The van der Waals surface area contributed by atoms with Crippen LogP contribution in [0.4, 0.5) is 0 Å². The van der Waals surface area contributed by atoms with E-state index in [-0.39, 0.29) is 25.3 Å². The molecule has 0 amide bonds. The second-order valence-electron chi connectivity index (χ2n) is 4.40. The first-order valence-corrected chi connectivity index (χ1v) is 6.51. The number of hydrogen-bond acceptors (Lipinski definition) is 4. The van der Waals surface area contributed by atoms with Gasteiger partial charge in [0.15, 0.2) is 0 Å². The van der Waals surface area contributed by atoms with Crippen LogP contribution in [0.1, 0.15) is 23.2 Å². The number of benzene rings is 2. The second-order valence-corrected chi connectivity index (χ2v) is 4.40. The molecule has 0 aliphatic carbocycles. The minimum absolute atomic E-state index is 0.00398. The van der Waals surface area contributed by atoms with Crippen LogP contribution >= 0.6 is 0 Å². The van der Waals surface area contributed by atoms with Gasteiger partial charge >= 0.3 is 0 Å². The first-order chi connectivity index (χ1) is 9.69. The molecule has 2 aromatic rings. The Morgan fingerprint density at radius 1 is 0.650 bits per heavy atom. The van der Waals surface area contributed by atoms with Gasteiger partial charge in [0.1, 0.15) is 0 Å². The van der Waals surface area contributed by atoms with Crippen LogP contribution in [0.5, 0.6) is 0 Å². The van der Waals surface area contributed by atoms with Crippen molar-refractivity contribution in [3.8, 4) is 0 Å². The summed E-state index contributed by atoms with van der Waals surface area (Å²) in [4.78, 5) is 0. The maximum absolute atomic E-state index is 8.66. The Bertz CT molecular complexity index is 417. The predicted octanol–water partition coefficient (Wildman–Crippen LogP) is 1.36. The van der Waals surface area contributed by atoms with E-state index in [2.05, 4.69) is 0 Å². The summed E-state index contributed by atoms with van der Waals surface area (Å²) in [5.74, 6) is 0. The molecule has 108 valence electrons. The van der Waals surface area contributed by atoms with Gasteiger partial charge in [-0.15, -0.1) is 0 Å². The quantitative estimate of drug-likeness (QED) is 0.677. The SMILES string of the molecule is NC(CO)c1ccccc1.NC(CO)c1ccccc1. The molecular formula is C16H22N2O2. The molecule has 2 atom stereocenters. The van der Waals surface area contributed by atoms with Crippen molar-refractivity contribution in [1.29, 1.82) is 0 Å². The standard InChI is InChI=1S/2C8H11NO/c2*9-8(6-10)7-4-2-1-3-5-7/h2*1-5,8,10H,6,9H2. The van der Waals surface area contributed by atoms with Gasteiger partial charge in [0.2, 0.25) is 0 Å². The minimum Gasteiger partial charge on any atom is -0.394 e. The summed E-state index contributed by atoms with van der Waals surface area (Å²) in [5.41, 5.74) is 13.0. The molecule has 0 aliphatic heterocycles. The van der Waals surface area contributed by atoms with E-state index in [0.29, 0.717) is 0 Å². The van der Waals surface area contributed by atoms with Crippen molar-refractivity contribution < 1.29 is 10.2 Å². The lowest BCUT2D eigenvalue weighted by Gasteiger charge is -2.06. The molecule has 0 fully saturated rings. The normalized spacial score (nSPS) is 13.0. The van der Waals surface area contributed by atoms with Crippen molar-refractivity contribution in [3.63, 3.8) is 0 Å². The molecule has 0 radical (unpaired) electrons. The molecule has 6 N–H and O–H groups in total. The monoisotopic (exact) mass is 274 g/mol. The first-order valence-electron chi connectivity index (χ1n) is 6.51. The van der Waals surface area contributed by atoms with E-state index in [9.17, 15) is 0 Å². The van der Waals surface area contributed by atoms with E-state index < -0.39 is 0 Å². The topological polar surface area (TPSA) is 92.5 Å². The van der Waals surface area contributed by atoms with Crippen molar-refractivity contribution in [1.82, 2.24) is 0 Å². The van der Waals surface area contributed by atoms with Gasteiger partial charge < -0.3 is 21.7 Å². The Kier molecular flexibility index (Phi) is 7.54. The van der Waals surface area contributed by atoms with Gasteiger partial charge in [0.05, 0.1) is 25.3 Å². The van der Waals surface area contributed by atoms with Crippen LogP contribution in [0.2, 0.25) is 0 Å². The summed E-state index contributed by atoms with van der Waals surface area (Å²) >= 11 is 0. The first kappa shape index (κ1) is 16.3. The summed E-state index contributed by atoms with van der Waals surface area (Å²) in [6, 6.07) is 18.6. The predicted molar refractivity (Wildman–Crippen MR) is 80.9 cm³/mol. The van der Waals surface area contributed by atoms with Gasteiger partial charge in [0.25, 0.3) is 0 Å². The number of rotatable bonds is 4. The Balaban J connectivity index is 0.000000200. The molecule has 2 unspecified atom stereocenters. The van der Waals surface area contributed by atoms with Crippen LogP contribution in [0.25, 0.3) is 0 Å². The number of aliphatic hydroxyl groups is 2. The second kappa shape index (κ2) is 9.23. The molecule has 0 spiro atoms. The Labute approximate surface area is 119 Å². The summed E-state index contributed by atoms with van der Waals surface area (Å²) in [5, 5.41) is 17.3. The molecule has 0 saturated heterocycles. The highest BCUT2D eigenvalue weighted by Crippen LogP contribution is 2.07.